The van der Waals surface area contributed by atoms with Gasteiger partial charge in [-0.05, 0) is 44.0 Å². The molecular weight excluding hydrogens is 400 g/mol. The van der Waals surface area contributed by atoms with Gasteiger partial charge in [0.05, 0.1) is 24.3 Å². The molecule has 3 rings (SSSR count). The van der Waals surface area contributed by atoms with Crippen LogP contribution in [0.4, 0.5) is 5.69 Å². The Bertz CT molecular complexity index is 944. The van der Waals surface area contributed by atoms with Crippen LogP contribution in [-0.4, -0.2) is 49.2 Å². The van der Waals surface area contributed by atoms with E-state index in [1.54, 1.807) is 30.5 Å². The van der Waals surface area contributed by atoms with Crippen LogP contribution in [0.5, 0.6) is 0 Å². The lowest BCUT2D eigenvalue weighted by atomic mass is 9.99. The highest BCUT2D eigenvalue weighted by Gasteiger charge is 2.34. The second-order valence-corrected chi connectivity index (χ2v) is 10.0. The van der Waals surface area contributed by atoms with Crippen molar-refractivity contribution in [2.45, 2.75) is 24.0 Å². The van der Waals surface area contributed by atoms with Crippen molar-refractivity contribution in [1.29, 1.82) is 0 Å². The summed E-state index contributed by atoms with van der Waals surface area (Å²) in [6, 6.07) is 6.76. The maximum Gasteiger partial charge on any atom is 0.252 e. The largest absolute Gasteiger partial charge is 0.347 e. The molecule has 1 saturated heterocycles. The molecule has 28 heavy (non-hydrogen) atoms. The fraction of sp³-hybridized carbons (Fsp3) is 0.389. The van der Waals surface area contributed by atoms with Gasteiger partial charge in [-0.25, -0.2) is 8.42 Å². The van der Waals surface area contributed by atoms with Crippen LogP contribution in [0, 0.1) is 12.8 Å². The molecule has 0 radical (unpaired) electrons. The quantitative estimate of drug-likeness (QED) is 0.735. The molecular formula is C18H22N4O4S2. The van der Waals surface area contributed by atoms with Crippen molar-refractivity contribution in [3.05, 3.63) is 41.5 Å². The summed E-state index contributed by atoms with van der Waals surface area (Å²) in [5, 5.41) is 5.23. The van der Waals surface area contributed by atoms with E-state index in [4.69, 9.17) is 0 Å². The normalized spacial score (nSPS) is 17.8. The Morgan fingerprint density at radius 2 is 2.14 bits per heavy atom. The molecule has 1 atom stereocenters. The Labute approximate surface area is 168 Å². The number of hydrogen-bond acceptors (Lipinski definition) is 6. The van der Waals surface area contributed by atoms with Crippen molar-refractivity contribution in [2.24, 2.45) is 5.92 Å². The second kappa shape index (κ2) is 8.80. The number of thiophene rings is 1. The summed E-state index contributed by atoms with van der Waals surface area (Å²) in [5.74, 6) is -1.16. The van der Waals surface area contributed by atoms with Crippen LogP contribution in [0.15, 0.2) is 40.9 Å². The number of aromatic nitrogens is 1. The number of hydrogen-bond donors (Lipinski definition) is 2. The summed E-state index contributed by atoms with van der Waals surface area (Å²) in [4.78, 5) is 29.2. The van der Waals surface area contributed by atoms with Gasteiger partial charge in [0.1, 0.15) is 4.21 Å². The van der Waals surface area contributed by atoms with Gasteiger partial charge in [0.25, 0.3) is 10.0 Å². The van der Waals surface area contributed by atoms with Crippen LogP contribution >= 0.6 is 11.3 Å². The maximum absolute atomic E-state index is 12.8. The van der Waals surface area contributed by atoms with E-state index < -0.39 is 15.9 Å². The zero-order chi connectivity index (χ0) is 20.1. The number of sulfonamides is 1. The van der Waals surface area contributed by atoms with Crippen LogP contribution in [0.1, 0.15) is 17.7 Å². The van der Waals surface area contributed by atoms with Gasteiger partial charge in [-0.3, -0.25) is 14.6 Å². The molecule has 3 heterocycles. The third-order valence-electron chi connectivity index (χ3n) is 4.43. The SMILES string of the molecule is Cc1ccc(S(=O)(=O)N2CCCC(C(=O)NCC(=O)Nc3cccnc3)C2)s1. The molecule has 1 aliphatic heterocycles. The van der Waals surface area contributed by atoms with E-state index in [0.29, 0.717) is 29.3 Å². The number of carbonyl (C=O) groups excluding carboxylic acids is 2. The predicted molar refractivity (Wildman–Crippen MR) is 106 cm³/mol. The van der Waals surface area contributed by atoms with Crippen molar-refractivity contribution < 1.29 is 18.0 Å². The molecule has 1 fully saturated rings. The van der Waals surface area contributed by atoms with E-state index in [1.807, 2.05) is 6.92 Å². The average molecular weight is 423 g/mol. The monoisotopic (exact) mass is 422 g/mol. The minimum absolute atomic E-state index is 0.120. The second-order valence-electron chi connectivity index (χ2n) is 6.57. The van der Waals surface area contributed by atoms with E-state index in [1.165, 1.54) is 21.8 Å². The Balaban J connectivity index is 1.55. The van der Waals surface area contributed by atoms with Gasteiger partial charge in [-0.1, -0.05) is 0 Å². The van der Waals surface area contributed by atoms with Crippen LogP contribution in [-0.2, 0) is 19.6 Å². The predicted octanol–water partition coefficient (Wildman–Crippen LogP) is 1.61. The van der Waals surface area contributed by atoms with Crippen molar-refractivity contribution >= 4 is 38.9 Å². The molecule has 2 amide bonds. The average Bonchev–Trinajstić information content (AvgIpc) is 3.14. The Hall–Kier alpha value is -2.30. The Morgan fingerprint density at radius 1 is 1.32 bits per heavy atom. The highest BCUT2D eigenvalue weighted by Crippen LogP contribution is 2.28. The van der Waals surface area contributed by atoms with Crippen LogP contribution in [0.2, 0.25) is 0 Å². The van der Waals surface area contributed by atoms with Crippen LogP contribution in [0.25, 0.3) is 0 Å². The molecule has 8 nitrogen and oxygen atoms in total. The number of rotatable bonds is 6. The van der Waals surface area contributed by atoms with Gasteiger partial charge in [-0.2, -0.15) is 4.31 Å². The maximum atomic E-state index is 12.8. The molecule has 0 spiro atoms. The zero-order valence-corrected chi connectivity index (χ0v) is 17.1. The number of anilines is 1. The number of amides is 2. The molecule has 10 heteroatoms. The number of aryl methyl sites for hydroxylation is 1. The van der Waals surface area contributed by atoms with Gasteiger partial charge in [0.2, 0.25) is 11.8 Å². The van der Waals surface area contributed by atoms with Gasteiger partial charge < -0.3 is 10.6 Å². The topological polar surface area (TPSA) is 108 Å². The smallest absolute Gasteiger partial charge is 0.252 e. The van der Waals surface area contributed by atoms with E-state index in [9.17, 15) is 18.0 Å². The summed E-state index contributed by atoms with van der Waals surface area (Å²) >= 11 is 1.22. The molecule has 0 aliphatic carbocycles. The first-order valence-electron chi connectivity index (χ1n) is 8.90. The first-order chi connectivity index (χ1) is 13.4. The van der Waals surface area contributed by atoms with Gasteiger partial charge in [0, 0.05) is 24.2 Å². The van der Waals surface area contributed by atoms with Gasteiger partial charge in [-0.15, -0.1) is 11.3 Å². The van der Waals surface area contributed by atoms with Gasteiger partial charge >= 0.3 is 0 Å². The standard InChI is InChI=1S/C18H22N4O4S2/c1-13-6-7-17(27-13)28(25,26)22-9-3-4-14(12-22)18(24)20-11-16(23)21-15-5-2-8-19-10-15/h2,5-8,10,14H,3-4,9,11-12H2,1H3,(H,20,24)(H,21,23). The Kier molecular flexibility index (Phi) is 6.42. The highest BCUT2D eigenvalue weighted by atomic mass is 32.2. The summed E-state index contributed by atoms with van der Waals surface area (Å²) in [5.41, 5.74) is 0.544. The molecule has 2 aromatic heterocycles. The first kappa shape index (κ1) is 20.4. The lowest BCUT2D eigenvalue weighted by molar-refractivity contribution is -0.128. The number of carbonyl (C=O) groups is 2. The fourth-order valence-corrected chi connectivity index (χ4v) is 5.97. The minimum Gasteiger partial charge on any atom is -0.347 e. The summed E-state index contributed by atoms with van der Waals surface area (Å²) in [6.45, 7) is 2.19. The number of pyridine rings is 1. The van der Waals surface area contributed by atoms with E-state index in [-0.39, 0.29) is 24.9 Å². The third kappa shape index (κ3) is 4.94. The van der Waals surface area contributed by atoms with Crippen molar-refractivity contribution in [3.63, 3.8) is 0 Å². The van der Waals surface area contributed by atoms with E-state index in [2.05, 4.69) is 15.6 Å². The molecule has 0 bridgehead atoms. The van der Waals surface area contributed by atoms with Crippen molar-refractivity contribution in [3.8, 4) is 0 Å². The fourth-order valence-electron chi connectivity index (χ4n) is 3.01. The number of piperidine rings is 1. The lowest BCUT2D eigenvalue weighted by Gasteiger charge is -2.30. The first-order valence-corrected chi connectivity index (χ1v) is 11.2. The Morgan fingerprint density at radius 3 is 2.82 bits per heavy atom. The highest BCUT2D eigenvalue weighted by molar-refractivity contribution is 7.91. The molecule has 1 unspecified atom stereocenters. The summed E-state index contributed by atoms with van der Waals surface area (Å²) in [6.07, 6.45) is 4.29. The van der Waals surface area contributed by atoms with Crippen LogP contribution in [0.3, 0.4) is 0 Å². The number of nitrogens with one attached hydrogen (secondary N) is 2. The third-order valence-corrected chi connectivity index (χ3v) is 7.77. The molecule has 150 valence electrons. The zero-order valence-electron chi connectivity index (χ0n) is 15.4. The lowest BCUT2D eigenvalue weighted by Crippen LogP contribution is -2.46. The van der Waals surface area contributed by atoms with Crippen LogP contribution < -0.4 is 10.6 Å². The molecule has 0 saturated carbocycles. The minimum atomic E-state index is -3.59. The molecule has 2 N–H and O–H groups in total. The van der Waals surface area contributed by atoms with Gasteiger partial charge in [0.15, 0.2) is 0 Å². The summed E-state index contributed by atoms with van der Waals surface area (Å²) < 4.78 is 27.2. The van der Waals surface area contributed by atoms with E-state index in [0.717, 1.165) is 4.88 Å². The molecule has 1 aliphatic rings. The number of nitrogens with zero attached hydrogens (tertiary/aromatic N) is 2. The van der Waals surface area contributed by atoms with Crippen molar-refractivity contribution in [2.75, 3.05) is 25.0 Å². The molecule has 2 aromatic rings. The van der Waals surface area contributed by atoms with Crippen molar-refractivity contribution in [1.82, 2.24) is 14.6 Å². The van der Waals surface area contributed by atoms with E-state index >= 15 is 0 Å². The summed E-state index contributed by atoms with van der Waals surface area (Å²) in [7, 11) is -3.59. The molecule has 0 aromatic carbocycles.